The fourth-order valence-electron chi connectivity index (χ4n) is 3.32. The second kappa shape index (κ2) is 6.13. The molecule has 0 aliphatic heterocycles. The molecule has 1 saturated carbocycles. The second-order valence-corrected chi connectivity index (χ2v) is 9.54. The standard InChI is InChI=1S/C15H31NO2S/c1-7-16-14(15(4,5)19(6,17)18)13-9-8-11(2)12(3)10-13/h11-14,16H,7-10H2,1-6H3. The first-order valence-corrected chi connectivity index (χ1v) is 9.43. The van der Waals surface area contributed by atoms with Crippen LogP contribution in [0.1, 0.15) is 53.9 Å². The van der Waals surface area contributed by atoms with Crippen LogP contribution in [0.3, 0.4) is 0 Å². The van der Waals surface area contributed by atoms with E-state index in [0.717, 1.165) is 25.3 Å². The van der Waals surface area contributed by atoms with Crippen LogP contribution in [0.25, 0.3) is 0 Å². The van der Waals surface area contributed by atoms with E-state index < -0.39 is 14.6 Å². The molecule has 0 heterocycles. The summed E-state index contributed by atoms with van der Waals surface area (Å²) in [6.07, 6.45) is 4.86. The Morgan fingerprint density at radius 1 is 1.21 bits per heavy atom. The van der Waals surface area contributed by atoms with Crippen LogP contribution in [0.15, 0.2) is 0 Å². The molecule has 1 N–H and O–H groups in total. The minimum absolute atomic E-state index is 0.0578. The van der Waals surface area contributed by atoms with Crippen molar-refractivity contribution in [1.82, 2.24) is 5.32 Å². The summed E-state index contributed by atoms with van der Waals surface area (Å²) >= 11 is 0. The zero-order valence-corrected chi connectivity index (χ0v) is 14.2. The lowest BCUT2D eigenvalue weighted by Crippen LogP contribution is -2.56. The monoisotopic (exact) mass is 289 g/mol. The van der Waals surface area contributed by atoms with Gasteiger partial charge in [0.15, 0.2) is 9.84 Å². The van der Waals surface area contributed by atoms with Gasteiger partial charge >= 0.3 is 0 Å². The lowest BCUT2D eigenvalue weighted by molar-refractivity contribution is 0.155. The molecule has 4 atom stereocenters. The van der Waals surface area contributed by atoms with Gasteiger partial charge in [-0.2, -0.15) is 0 Å². The zero-order valence-electron chi connectivity index (χ0n) is 13.4. The molecule has 0 spiro atoms. The molecule has 0 aromatic carbocycles. The van der Waals surface area contributed by atoms with Gasteiger partial charge in [-0.25, -0.2) is 8.42 Å². The van der Waals surface area contributed by atoms with Crippen molar-refractivity contribution in [3.05, 3.63) is 0 Å². The SMILES string of the molecule is CCNC(C1CCC(C)C(C)C1)C(C)(C)S(C)(=O)=O. The third kappa shape index (κ3) is 3.72. The Kier molecular flexibility index (Phi) is 5.47. The molecule has 1 fully saturated rings. The van der Waals surface area contributed by atoms with E-state index >= 15 is 0 Å². The minimum Gasteiger partial charge on any atom is -0.312 e. The summed E-state index contributed by atoms with van der Waals surface area (Å²) in [4.78, 5) is 0. The molecule has 0 saturated heterocycles. The average molecular weight is 289 g/mol. The predicted molar refractivity (Wildman–Crippen MR) is 82.1 cm³/mol. The van der Waals surface area contributed by atoms with Crippen LogP contribution in [0, 0.1) is 17.8 Å². The normalized spacial score (nSPS) is 31.2. The van der Waals surface area contributed by atoms with E-state index in [1.807, 2.05) is 13.8 Å². The van der Waals surface area contributed by atoms with Crippen molar-refractivity contribution in [2.45, 2.75) is 64.7 Å². The van der Waals surface area contributed by atoms with Crippen molar-refractivity contribution in [2.24, 2.45) is 17.8 Å². The highest BCUT2D eigenvalue weighted by Gasteiger charge is 2.44. The maximum atomic E-state index is 12.1. The Bertz CT molecular complexity index is 389. The van der Waals surface area contributed by atoms with Crippen molar-refractivity contribution in [3.8, 4) is 0 Å². The Morgan fingerprint density at radius 2 is 1.79 bits per heavy atom. The number of hydrogen-bond acceptors (Lipinski definition) is 3. The highest BCUT2D eigenvalue weighted by molar-refractivity contribution is 7.92. The maximum Gasteiger partial charge on any atom is 0.154 e. The quantitative estimate of drug-likeness (QED) is 0.846. The molecular weight excluding hydrogens is 258 g/mol. The molecule has 19 heavy (non-hydrogen) atoms. The fraction of sp³-hybridized carbons (Fsp3) is 1.00. The number of nitrogens with one attached hydrogen (secondary N) is 1. The smallest absolute Gasteiger partial charge is 0.154 e. The number of rotatable bonds is 5. The van der Waals surface area contributed by atoms with Crippen LogP contribution in [-0.2, 0) is 9.84 Å². The molecule has 4 heteroatoms. The first-order chi connectivity index (χ1) is 8.61. The van der Waals surface area contributed by atoms with Crippen LogP contribution in [0.5, 0.6) is 0 Å². The first kappa shape index (κ1) is 17.0. The fourth-order valence-corrected chi connectivity index (χ4v) is 4.06. The molecule has 114 valence electrons. The van der Waals surface area contributed by atoms with Gasteiger partial charge in [-0.15, -0.1) is 0 Å². The van der Waals surface area contributed by atoms with Gasteiger partial charge in [-0.05, 0) is 51.0 Å². The van der Waals surface area contributed by atoms with E-state index in [-0.39, 0.29) is 6.04 Å². The topological polar surface area (TPSA) is 46.2 Å². The number of hydrogen-bond donors (Lipinski definition) is 1. The van der Waals surface area contributed by atoms with Gasteiger partial charge in [0.05, 0.1) is 4.75 Å². The molecule has 4 unspecified atom stereocenters. The molecule has 0 amide bonds. The van der Waals surface area contributed by atoms with E-state index in [0.29, 0.717) is 11.8 Å². The summed E-state index contributed by atoms with van der Waals surface area (Å²) in [5, 5.41) is 3.46. The molecule has 0 radical (unpaired) electrons. The molecule has 0 aromatic heterocycles. The van der Waals surface area contributed by atoms with Gasteiger partial charge < -0.3 is 5.32 Å². The third-order valence-corrected chi connectivity index (χ3v) is 7.40. The van der Waals surface area contributed by atoms with Gasteiger partial charge in [0.2, 0.25) is 0 Å². The largest absolute Gasteiger partial charge is 0.312 e. The predicted octanol–water partition coefficient (Wildman–Crippen LogP) is 2.86. The molecular formula is C15H31NO2S. The van der Waals surface area contributed by atoms with Crippen molar-refractivity contribution in [3.63, 3.8) is 0 Å². The zero-order chi connectivity index (χ0) is 14.8. The van der Waals surface area contributed by atoms with E-state index in [1.54, 1.807) is 0 Å². The Labute approximate surface area is 119 Å². The van der Waals surface area contributed by atoms with Crippen molar-refractivity contribution >= 4 is 9.84 Å². The average Bonchev–Trinajstić information content (AvgIpc) is 2.28. The molecule has 0 aromatic rings. The van der Waals surface area contributed by atoms with E-state index in [2.05, 4.69) is 26.1 Å². The Hall–Kier alpha value is -0.0900. The highest BCUT2D eigenvalue weighted by atomic mass is 32.2. The molecule has 1 aliphatic rings. The van der Waals surface area contributed by atoms with E-state index in [4.69, 9.17) is 0 Å². The van der Waals surface area contributed by atoms with Crippen molar-refractivity contribution in [2.75, 3.05) is 12.8 Å². The summed E-state index contributed by atoms with van der Waals surface area (Å²) in [6, 6.07) is 0.0578. The molecule has 1 aliphatic carbocycles. The van der Waals surface area contributed by atoms with Gasteiger partial charge in [0.1, 0.15) is 0 Å². The Balaban J connectivity index is 2.95. The molecule has 0 bridgehead atoms. The lowest BCUT2D eigenvalue weighted by Gasteiger charge is -2.43. The summed E-state index contributed by atoms with van der Waals surface area (Å²) in [7, 11) is -3.07. The summed E-state index contributed by atoms with van der Waals surface area (Å²) in [5.41, 5.74) is 0. The van der Waals surface area contributed by atoms with Crippen molar-refractivity contribution in [1.29, 1.82) is 0 Å². The molecule has 1 rings (SSSR count). The van der Waals surface area contributed by atoms with Crippen LogP contribution in [-0.4, -0.2) is 32.0 Å². The van der Waals surface area contributed by atoms with Crippen LogP contribution >= 0.6 is 0 Å². The van der Waals surface area contributed by atoms with Gasteiger partial charge in [-0.3, -0.25) is 0 Å². The summed E-state index contributed by atoms with van der Waals surface area (Å²) in [6.45, 7) is 11.2. The minimum atomic E-state index is -3.07. The molecule has 3 nitrogen and oxygen atoms in total. The van der Waals surface area contributed by atoms with Crippen LogP contribution in [0.4, 0.5) is 0 Å². The van der Waals surface area contributed by atoms with Crippen molar-refractivity contribution < 1.29 is 8.42 Å². The van der Waals surface area contributed by atoms with Gasteiger partial charge in [0.25, 0.3) is 0 Å². The maximum absolute atomic E-state index is 12.1. The van der Waals surface area contributed by atoms with Crippen LogP contribution in [0.2, 0.25) is 0 Å². The second-order valence-electron chi connectivity index (χ2n) is 6.94. The first-order valence-electron chi connectivity index (χ1n) is 7.54. The van der Waals surface area contributed by atoms with Crippen LogP contribution < -0.4 is 5.32 Å². The van der Waals surface area contributed by atoms with E-state index in [1.165, 1.54) is 12.7 Å². The Morgan fingerprint density at radius 3 is 2.21 bits per heavy atom. The van der Waals surface area contributed by atoms with E-state index in [9.17, 15) is 8.42 Å². The number of sulfone groups is 1. The highest BCUT2D eigenvalue weighted by Crippen LogP contribution is 2.39. The summed E-state index contributed by atoms with van der Waals surface area (Å²) < 4.78 is 23.5. The van der Waals surface area contributed by atoms with Gasteiger partial charge in [-0.1, -0.05) is 27.2 Å². The lowest BCUT2D eigenvalue weighted by atomic mass is 9.71. The van der Waals surface area contributed by atoms with Gasteiger partial charge in [0, 0.05) is 12.3 Å². The summed E-state index contributed by atoms with van der Waals surface area (Å²) in [5.74, 6) is 1.92. The third-order valence-electron chi connectivity index (χ3n) is 5.24.